The van der Waals surface area contributed by atoms with Crippen LogP contribution in [-0.4, -0.2) is 22.6 Å². The highest BCUT2D eigenvalue weighted by atomic mass is 19.2. The Morgan fingerprint density at radius 2 is 2.15 bits per heavy atom. The van der Waals surface area contributed by atoms with Crippen LogP contribution in [-0.2, 0) is 18.3 Å². The lowest BCUT2D eigenvalue weighted by molar-refractivity contribution is 0.0594. The van der Waals surface area contributed by atoms with E-state index in [2.05, 4.69) is 15.0 Å². The first-order valence-corrected chi connectivity index (χ1v) is 5.81. The summed E-state index contributed by atoms with van der Waals surface area (Å²) in [5, 5.41) is 2.73. The molecule has 7 heteroatoms. The molecule has 0 radical (unpaired) electrons. The number of benzene rings is 1. The number of carbonyl (C=O) groups excluding carboxylic acids is 1. The predicted molar refractivity (Wildman–Crippen MR) is 68.2 cm³/mol. The topological polar surface area (TPSA) is 56.1 Å². The van der Waals surface area contributed by atoms with Crippen molar-refractivity contribution in [1.29, 1.82) is 0 Å². The Labute approximate surface area is 114 Å². The highest BCUT2D eigenvalue weighted by Crippen LogP contribution is 2.21. The van der Waals surface area contributed by atoms with Gasteiger partial charge in [-0.25, -0.2) is 18.6 Å². The van der Waals surface area contributed by atoms with E-state index in [1.807, 2.05) is 0 Å². The van der Waals surface area contributed by atoms with Crippen molar-refractivity contribution in [2.75, 3.05) is 12.4 Å². The number of esters is 1. The number of anilines is 1. The van der Waals surface area contributed by atoms with Crippen LogP contribution >= 0.6 is 0 Å². The second kappa shape index (κ2) is 5.68. The van der Waals surface area contributed by atoms with Crippen LogP contribution in [0.4, 0.5) is 14.5 Å². The van der Waals surface area contributed by atoms with Gasteiger partial charge in [0.25, 0.3) is 0 Å². The van der Waals surface area contributed by atoms with Crippen molar-refractivity contribution in [3.63, 3.8) is 0 Å². The highest BCUT2D eigenvalue weighted by Gasteiger charge is 2.19. The summed E-state index contributed by atoms with van der Waals surface area (Å²) < 4.78 is 33.6. The molecule has 0 atom stereocenters. The number of methoxy groups -OCH3 is 1. The fraction of sp³-hybridized carbons (Fsp3) is 0.231. The predicted octanol–water partition coefficient (Wildman–Crippen LogP) is 2.10. The number of nitrogens with one attached hydrogen (secondary N) is 1. The van der Waals surface area contributed by atoms with Crippen molar-refractivity contribution in [2.24, 2.45) is 7.05 Å². The molecule has 0 amide bonds. The van der Waals surface area contributed by atoms with E-state index in [0.29, 0.717) is 5.82 Å². The molecule has 0 unspecified atom stereocenters. The van der Waals surface area contributed by atoms with Gasteiger partial charge in [-0.2, -0.15) is 0 Å². The van der Waals surface area contributed by atoms with Crippen LogP contribution in [0.25, 0.3) is 0 Å². The molecule has 1 N–H and O–H groups in total. The Morgan fingerprint density at radius 1 is 1.40 bits per heavy atom. The number of ether oxygens (including phenoxy) is 1. The number of rotatable bonds is 4. The first-order valence-electron chi connectivity index (χ1n) is 5.81. The molecule has 106 valence electrons. The van der Waals surface area contributed by atoms with E-state index >= 15 is 0 Å². The molecular weight excluding hydrogens is 268 g/mol. The second-order valence-electron chi connectivity index (χ2n) is 4.09. The van der Waals surface area contributed by atoms with Gasteiger partial charge in [-0.3, -0.25) is 0 Å². The van der Waals surface area contributed by atoms with Crippen LogP contribution < -0.4 is 5.32 Å². The molecule has 0 spiro atoms. The summed E-state index contributed by atoms with van der Waals surface area (Å²) in [5.41, 5.74) is -0.481. The molecule has 2 aromatic rings. The van der Waals surface area contributed by atoms with Gasteiger partial charge < -0.3 is 14.6 Å². The van der Waals surface area contributed by atoms with Gasteiger partial charge in [0.2, 0.25) is 0 Å². The molecule has 2 rings (SSSR count). The second-order valence-corrected chi connectivity index (χ2v) is 4.09. The molecule has 0 saturated carbocycles. The maximum Gasteiger partial charge on any atom is 0.340 e. The lowest BCUT2D eigenvalue weighted by Gasteiger charge is -2.10. The van der Waals surface area contributed by atoms with Gasteiger partial charge in [0.15, 0.2) is 11.6 Å². The van der Waals surface area contributed by atoms with E-state index in [0.717, 1.165) is 7.11 Å². The molecule has 5 nitrogen and oxygen atoms in total. The summed E-state index contributed by atoms with van der Waals surface area (Å²) >= 11 is 0. The number of halogens is 2. The summed E-state index contributed by atoms with van der Waals surface area (Å²) in [6.45, 7) is 0.234. The first kappa shape index (κ1) is 14.0. The fourth-order valence-electron chi connectivity index (χ4n) is 1.69. The number of carbonyl (C=O) groups is 1. The zero-order valence-electron chi connectivity index (χ0n) is 11.0. The average molecular weight is 281 g/mol. The zero-order chi connectivity index (χ0) is 14.7. The number of imidazole rings is 1. The Bertz CT molecular complexity index is 641. The molecule has 0 aliphatic carbocycles. The number of hydrogen-bond donors (Lipinski definition) is 1. The summed E-state index contributed by atoms with van der Waals surface area (Å²) in [7, 11) is 2.90. The summed E-state index contributed by atoms with van der Waals surface area (Å²) in [4.78, 5) is 15.3. The smallest absolute Gasteiger partial charge is 0.340 e. The normalized spacial score (nSPS) is 10.4. The van der Waals surface area contributed by atoms with E-state index in [-0.39, 0.29) is 12.2 Å². The van der Waals surface area contributed by atoms with E-state index in [1.54, 1.807) is 24.0 Å². The molecule has 0 fully saturated rings. The van der Waals surface area contributed by atoms with E-state index in [9.17, 15) is 13.6 Å². The van der Waals surface area contributed by atoms with Gasteiger partial charge in [0.1, 0.15) is 5.82 Å². The van der Waals surface area contributed by atoms with Crippen LogP contribution in [0.3, 0.4) is 0 Å². The van der Waals surface area contributed by atoms with Crippen molar-refractivity contribution in [3.8, 4) is 0 Å². The fourth-order valence-corrected chi connectivity index (χ4v) is 1.69. The molecule has 1 heterocycles. The van der Waals surface area contributed by atoms with Crippen LogP contribution in [0.15, 0.2) is 24.5 Å². The minimum Gasteiger partial charge on any atom is -0.465 e. The SMILES string of the molecule is COC(=O)c1ccc(NCc2nccn2C)c(F)c1F. The third-order valence-electron chi connectivity index (χ3n) is 2.85. The largest absolute Gasteiger partial charge is 0.465 e. The number of aryl methyl sites for hydroxylation is 1. The quantitative estimate of drug-likeness (QED) is 0.872. The molecule has 0 aliphatic heterocycles. The average Bonchev–Trinajstić information content (AvgIpc) is 2.85. The van der Waals surface area contributed by atoms with Gasteiger partial charge in [-0.1, -0.05) is 0 Å². The summed E-state index contributed by atoms with van der Waals surface area (Å²) in [6.07, 6.45) is 3.35. The van der Waals surface area contributed by atoms with Gasteiger partial charge >= 0.3 is 5.97 Å². The van der Waals surface area contributed by atoms with Crippen molar-refractivity contribution in [1.82, 2.24) is 9.55 Å². The molecule has 0 saturated heterocycles. The van der Waals surface area contributed by atoms with Gasteiger partial charge in [-0.15, -0.1) is 0 Å². The molecular formula is C13H13F2N3O2. The number of nitrogens with zero attached hydrogens (tertiary/aromatic N) is 2. The van der Waals surface area contributed by atoms with Crippen LogP contribution in [0, 0.1) is 11.6 Å². The van der Waals surface area contributed by atoms with Crippen LogP contribution in [0.2, 0.25) is 0 Å². The van der Waals surface area contributed by atoms with Crippen LogP contribution in [0.5, 0.6) is 0 Å². The van der Waals surface area contributed by atoms with E-state index in [1.165, 1.54) is 12.1 Å². The molecule has 0 bridgehead atoms. The first-order chi connectivity index (χ1) is 9.54. The van der Waals surface area contributed by atoms with Crippen molar-refractivity contribution < 1.29 is 18.3 Å². The van der Waals surface area contributed by atoms with Crippen molar-refractivity contribution in [3.05, 3.63) is 47.5 Å². The summed E-state index contributed by atoms with van der Waals surface area (Å²) in [6, 6.07) is 2.46. The monoisotopic (exact) mass is 281 g/mol. The van der Waals surface area contributed by atoms with Crippen molar-refractivity contribution >= 4 is 11.7 Å². The highest BCUT2D eigenvalue weighted by molar-refractivity contribution is 5.90. The van der Waals surface area contributed by atoms with Gasteiger partial charge in [-0.05, 0) is 12.1 Å². The number of aromatic nitrogens is 2. The zero-order valence-corrected chi connectivity index (χ0v) is 11.0. The standard InChI is InChI=1S/C13H13F2N3O2/c1-18-6-5-16-10(18)7-17-9-4-3-8(13(19)20-2)11(14)12(9)15/h3-6,17H,7H2,1-2H3. The van der Waals surface area contributed by atoms with Crippen LogP contribution in [0.1, 0.15) is 16.2 Å². The third-order valence-corrected chi connectivity index (χ3v) is 2.85. The van der Waals surface area contributed by atoms with E-state index in [4.69, 9.17) is 0 Å². The Hall–Kier alpha value is -2.44. The Balaban J connectivity index is 2.19. The maximum atomic E-state index is 13.8. The summed E-state index contributed by atoms with van der Waals surface area (Å²) in [5.74, 6) is -2.61. The van der Waals surface area contributed by atoms with Gasteiger partial charge in [0, 0.05) is 19.4 Å². The number of hydrogen-bond acceptors (Lipinski definition) is 4. The lowest BCUT2D eigenvalue weighted by atomic mass is 10.2. The Morgan fingerprint density at radius 3 is 2.75 bits per heavy atom. The minimum atomic E-state index is -1.23. The molecule has 0 aliphatic rings. The molecule has 1 aromatic carbocycles. The molecule has 1 aromatic heterocycles. The Kier molecular flexibility index (Phi) is 3.97. The lowest BCUT2D eigenvalue weighted by Crippen LogP contribution is -2.10. The van der Waals surface area contributed by atoms with E-state index < -0.39 is 23.2 Å². The van der Waals surface area contributed by atoms with Crippen molar-refractivity contribution in [2.45, 2.75) is 6.54 Å². The third kappa shape index (κ3) is 2.61. The van der Waals surface area contributed by atoms with Gasteiger partial charge in [0.05, 0.1) is 24.9 Å². The molecule has 20 heavy (non-hydrogen) atoms. The minimum absolute atomic E-state index is 0.0434. The maximum absolute atomic E-state index is 13.8.